The molecule has 0 aromatic carbocycles. The maximum atomic E-state index is 10.5. The summed E-state index contributed by atoms with van der Waals surface area (Å²) in [5, 5.41) is 8.25. The molecule has 1 heterocycles. The van der Waals surface area contributed by atoms with Crippen LogP contribution in [0, 0.1) is 11.8 Å². The van der Waals surface area contributed by atoms with Crippen LogP contribution < -0.4 is 5.56 Å². The summed E-state index contributed by atoms with van der Waals surface area (Å²) in [4.78, 5) is 26.6. The minimum absolute atomic E-state index is 0.235. The van der Waals surface area contributed by atoms with Crippen molar-refractivity contribution in [1.29, 1.82) is 0 Å². The number of hydrogen-bond acceptors (Lipinski definition) is 3. The lowest BCUT2D eigenvalue weighted by Gasteiger charge is -1.85. The molecule has 66 valence electrons. The van der Waals surface area contributed by atoms with Gasteiger partial charge in [0.05, 0.1) is 6.20 Å². The third-order valence-corrected chi connectivity index (χ3v) is 1.13. The molecule has 0 fully saturated rings. The van der Waals surface area contributed by atoms with Crippen LogP contribution in [0.5, 0.6) is 0 Å². The number of carbonyl (C=O) groups is 1. The molecule has 0 spiro atoms. The van der Waals surface area contributed by atoms with Gasteiger partial charge in [0.1, 0.15) is 12.1 Å². The van der Waals surface area contributed by atoms with Gasteiger partial charge in [0.25, 0.3) is 5.56 Å². The molecule has 0 saturated heterocycles. The van der Waals surface area contributed by atoms with Crippen molar-refractivity contribution >= 4 is 5.97 Å². The van der Waals surface area contributed by atoms with Crippen molar-refractivity contribution in [2.24, 2.45) is 0 Å². The van der Waals surface area contributed by atoms with Gasteiger partial charge in [-0.25, -0.2) is 4.98 Å². The lowest BCUT2D eigenvalue weighted by molar-refractivity contribution is -0.135. The Bertz CT molecular complexity index is 405. The molecule has 0 amide bonds. The van der Waals surface area contributed by atoms with Crippen LogP contribution in [0.3, 0.4) is 0 Å². The number of nitrogens with one attached hydrogen (secondary N) is 1. The van der Waals surface area contributed by atoms with Crippen molar-refractivity contribution in [3.8, 4) is 11.8 Å². The Labute approximate surface area is 73.4 Å². The van der Waals surface area contributed by atoms with Gasteiger partial charge in [-0.15, -0.1) is 0 Å². The fourth-order valence-corrected chi connectivity index (χ4v) is 0.621. The largest absolute Gasteiger partial charge is 0.481 e. The van der Waals surface area contributed by atoms with E-state index >= 15 is 0 Å². The molecule has 1 aromatic heterocycles. The van der Waals surface area contributed by atoms with Gasteiger partial charge in [0.15, 0.2) is 0 Å². The molecule has 0 unspecified atom stereocenters. The highest BCUT2D eigenvalue weighted by Gasteiger charge is 1.90. The van der Waals surface area contributed by atoms with Crippen molar-refractivity contribution in [2.45, 2.75) is 6.42 Å². The highest BCUT2D eigenvalue weighted by Crippen LogP contribution is 1.83. The van der Waals surface area contributed by atoms with Crippen molar-refractivity contribution in [2.75, 3.05) is 0 Å². The first kappa shape index (κ1) is 9.00. The highest BCUT2D eigenvalue weighted by molar-refractivity contribution is 5.70. The van der Waals surface area contributed by atoms with Gasteiger partial charge >= 0.3 is 5.97 Å². The molecule has 1 aromatic rings. The summed E-state index contributed by atoms with van der Waals surface area (Å²) in [6.07, 6.45) is 2.18. The van der Waals surface area contributed by atoms with E-state index in [0.717, 1.165) is 6.20 Å². The van der Waals surface area contributed by atoms with Gasteiger partial charge in [-0.1, -0.05) is 5.92 Å². The Morgan fingerprint density at radius 2 is 2.46 bits per heavy atom. The summed E-state index contributed by atoms with van der Waals surface area (Å²) >= 11 is 0. The van der Waals surface area contributed by atoms with E-state index in [1.54, 1.807) is 0 Å². The third-order valence-electron chi connectivity index (χ3n) is 1.13. The van der Waals surface area contributed by atoms with E-state index in [0.29, 0.717) is 5.69 Å². The minimum atomic E-state index is -0.989. The first-order valence-electron chi connectivity index (χ1n) is 3.44. The maximum Gasteiger partial charge on any atom is 0.315 e. The highest BCUT2D eigenvalue weighted by atomic mass is 16.4. The number of aromatic nitrogens is 2. The number of nitrogens with zero attached hydrogens (tertiary/aromatic N) is 1. The van der Waals surface area contributed by atoms with Gasteiger partial charge in [0, 0.05) is 6.20 Å². The Kier molecular flexibility index (Phi) is 2.82. The molecule has 5 nitrogen and oxygen atoms in total. The van der Waals surface area contributed by atoms with E-state index in [2.05, 4.69) is 21.8 Å². The maximum absolute atomic E-state index is 10.5. The molecular weight excluding hydrogens is 172 g/mol. The van der Waals surface area contributed by atoms with Crippen LogP contribution in [0.25, 0.3) is 0 Å². The van der Waals surface area contributed by atoms with E-state index in [1.165, 1.54) is 6.20 Å². The van der Waals surface area contributed by atoms with Gasteiger partial charge in [-0.3, -0.25) is 9.59 Å². The molecule has 0 aliphatic rings. The van der Waals surface area contributed by atoms with Crippen LogP contribution in [0.15, 0.2) is 17.2 Å². The molecule has 0 aliphatic heterocycles. The van der Waals surface area contributed by atoms with Crippen molar-refractivity contribution in [1.82, 2.24) is 9.97 Å². The van der Waals surface area contributed by atoms with Crippen molar-refractivity contribution in [3.63, 3.8) is 0 Å². The zero-order valence-electron chi connectivity index (χ0n) is 6.57. The lowest BCUT2D eigenvalue weighted by Crippen LogP contribution is -2.04. The number of carboxylic acid groups (broad SMARTS) is 1. The van der Waals surface area contributed by atoms with Gasteiger partial charge in [0.2, 0.25) is 0 Å². The Morgan fingerprint density at radius 3 is 3.00 bits per heavy atom. The zero-order chi connectivity index (χ0) is 9.68. The molecule has 0 bridgehead atoms. The number of hydrogen-bond donors (Lipinski definition) is 2. The van der Waals surface area contributed by atoms with Crippen LogP contribution in [0.4, 0.5) is 0 Å². The van der Waals surface area contributed by atoms with E-state index in [-0.39, 0.29) is 12.0 Å². The molecule has 0 radical (unpaired) electrons. The van der Waals surface area contributed by atoms with Crippen molar-refractivity contribution < 1.29 is 9.90 Å². The second-order valence-electron chi connectivity index (χ2n) is 2.17. The van der Waals surface area contributed by atoms with Crippen LogP contribution >= 0.6 is 0 Å². The summed E-state index contributed by atoms with van der Waals surface area (Å²) in [5.41, 5.74) is 0.0321. The summed E-state index contributed by atoms with van der Waals surface area (Å²) in [6, 6.07) is 0. The first-order chi connectivity index (χ1) is 6.18. The fraction of sp³-hybridized carbons (Fsp3) is 0.125. The zero-order valence-corrected chi connectivity index (χ0v) is 6.57. The van der Waals surface area contributed by atoms with E-state index in [4.69, 9.17) is 5.11 Å². The lowest BCUT2D eigenvalue weighted by atomic mass is 10.4. The Hall–Kier alpha value is -2.09. The SMILES string of the molecule is O=C(O)CC#Cc1c[nH]c(=O)cn1. The molecule has 0 atom stereocenters. The monoisotopic (exact) mass is 178 g/mol. The summed E-state index contributed by atoms with van der Waals surface area (Å²) in [5.74, 6) is 3.89. The second-order valence-corrected chi connectivity index (χ2v) is 2.17. The average Bonchev–Trinajstić information content (AvgIpc) is 2.08. The molecular formula is C8H6N2O3. The second kappa shape index (κ2) is 4.07. The Balaban J connectivity index is 2.72. The van der Waals surface area contributed by atoms with Crippen molar-refractivity contribution in [3.05, 3.63) is 28.4 Å². The van der Waals surface area contributed by atoms with Gasteiger partial charge in [-0.2, -0.15) is 0 Å². The Morgan fingerprint density at radius 1 is 1.69 bits per heavy atom. The molecule has 0 aliphatic carbocycles. The number of aromatic amines is 1. The predicted molar refractivity (Wildman–Crippen MR) is 44.0 cm³/mol. The summed E-state index contributed by atoms with van der Waals surface area (Å²) in [7, 11) is 0. The smallest absolute Gasteiger partial charge is 0.315 e. The minimum Gasteiger partial charge on any atom is -0.481 e. The van der Waals surface area contributed by atoms with Crippen LogP contribution in [0.2, 0.25) is 0 Å². The van der Waals surface area contributed by atoms with E-state index < -0.39 is 5.97 Å². The topological polar surface area (TPSA) is 83.0 Å². The molecule has 0 saturated carbocycles. The average molecular weight is 178 g/mol. The first-order valence-corrected chi connectivity index (χ1v) is 3.44. The fourth-order valence-electron chi connectivity index (χ4n) is 0.621. The quantitative estimate of drug-likeness (QED) is 0.573. The van der Waals surface area contributed by atoms with Crippen LogP contribution in [-0.2, 0) is 4.79 Å². The molecule has 1 rings (SSSR count). The predicted octanol–water partition coefficient (Wildman–Crippen LogP) is -0.404. The van der Waals surface area contributed by atoms with Crippen LogP contribution in [0.1, 0.15) is 12.1 Å². The summed E-state index contributed by atoms with van der Waals surface area (Å²) in [6.45, 7) is 0. The summed E-state index contributed by atoms with van der Waals surface area (Å²) < 4.78 is 0. The molecule has 13 heavy (non-hydrogen) atoms. The normalized spacial score (nSPS) is 8.62. The van der Waals surface area contributed by atoms with Gasteiger partial charge < -0.3 is 10.1 Å². The number of rotatable bonds is 1. The van der Waals surface area contributed by atoms with E-state index in [9.17, 15) is 9.59 Å². The number of H-pyrrole nitrogens is 1. The van der Waals surface area contributed by atoms with Gasteiger partial charge in [-0.05, 0) is 5.92 Å². The number of carboxylic acids is 1. The third kappa shape index (κ3) is 3.20. The number of aliphatic carboxylic acids is 1. The van der Waals surface area contributed by atoms with Crippen LogP contribution in [-0.4, -0.2) is 21.0 Å². The van der Waals surface area contributed by atoms with E-state index in [1.807, 2.05) is 0 Å². The standard InChI is InChI=1S/C8H6N2O3/c11-7-5-9-6(4-10-7)2-1-3-8(12)13/h4-5H,3H2,(H,10,11)(H,12,13). The molecule has 2 N–H and O–H groups in total. The molecule has 5 heteroatoms.